The van der Waals surface area contributed by atoms with Gasteiger partial charge in [-0.05, 0) is 46.0 Å². The SMILES string of the molecule is CC(C)(C)OC(=O)N1CCC(O)(C(N)C2CCS(=O)(=O)CC2)C1. The summed E-state index contributed by atoms with van der Waals surface area (Å²) in [6, 6.07) is -0.537. The normalized spacial score (nSPS) is 30.2. The van der Waals surface area contributed by atoms with Gasteiger partial charge in [0.1, 0.15) is 15.4 Å². The second kappa shape index (κ2) is 6.22. The zero-order valence-electron chi connectivity index (χ0n) is 14.1. The van der Waals surface area contributed by atoms with Crippen LogP contribution in [0.3, 0.4) is 0 Å². The van der Waals surface area contributed by atoms with Crippen molar-refractivity contribution in [2.24, 2.45) is 11.7 Å². The minimum Gasteiger partial charge on any atom is -0.444 e. The molecule has 1 amide bonds. The Bertz CT molecular complexity index is 543. The van der Waals surface area contributed by atoms with Gasteiger partial charge in [0.15, 0.2) is 0 Å². The first-order valence-electron chi connectivity index (χ1n) is 8.08. The largest absolute Gasteiger partial charge is 0.444 e. The van der Waals surface area contributed by atoms with Gasteiger partial charge in [0.2, 0.25) is 0 Å². The number of nitrogens with two attached hydrogens (primary N) is 1. The number of carbonyl (C=O) groups excluding carboxylic acids is 1. The maximum atomic E-state index is 12.1. The minimum absolute atomic E-state index is 0.0397. The molecule has 2 fully saturated rings. The van der Waals surface area contributed by atoms with Crippen LogP contribution in [0.15, 0.2) is 0 Å². The van der Waals surface area contributed by atoms with Gasteiger partial charge < -0.3 is 20.5 Å². The van der Waals surface area contributed by atoms with Gasteiger partial charge in [0.05, 0.1) is 23.7 Å². The first kappa shape index (κ1) is 18.5. The molecule has 2 atom stereocenters. The topological polar surface area (TPSA) is 110 Å². The van der Waals surface area contributed by atoms with Gasteiger partial charge in [-0.2, -0.15) is 0 Å². The molecule has 2 aliphatic heterocycles. The number of amides is 1. The Morgan fingerprint density at radius 3 is 2.43 bits per heavy atom. The van der Waals surface area contributed by atoms with Crippen molar-refractivity contribution < 1.29 is 23.1 Å². The standard InChI is InChI=1S/C15H28N2O5S/c1-14(2,3)22-13(18)17-7-6-15(19,10-17)12(16)11-4-8-23(20,21)9-5-11/h11-12,19H,4-10,16H2,1-3H3. The fraction of sp³-hybridized carbons (Fsp3) is 0.933. The average Bonchev–Trinajstić information content (AvgIpc) is 2.80. The second-order valence-corrected chi connectivity index (χ2v) is 10.1. The summed E-state index contributed by atoms with van der Waals surface area (Å²) in [6.07, 6.45) is 0.875. The number of nitrogens with zero attached hydrogens (tertiary/aromatic N) is 1. The number of hydrogen-bond acceptors (Lipinski definition) is 6. The highest BCUT2D eigenvalue weighted by Crippen LogP contribution is 2.33. The summed E-state index contributed by atoms with van der Waals surface area (Å²) in [7, 11) is -2.96. The summed E-state index contributed by atoms with van der Waals surface area (Å²) in [4.78, 5) is 13.6. The summed E-state index contributed by atoms with van der Waals surface area (Å²) < 4.78 is 28.4. The lowest BCUT2D eigenvalue weighted by Crippen LogP contribution is -2.55. The van der Waals surface area contributed by atoms with Gasteiger partial charge in [-0.3, -0.25) is 0 Å². The lowest BCUT2D eigenvalue weighted by molar-refractivity contribution is -0.00698. The fourth-order valence-corrected chi connectivity index (χ4v) is 4.81. The van der Waals surface area contributed by atoms with E-state index in [1.807, 2.05) is 0 Å². The number of likely N-dealkylation sites (tertiary alicyclic amines) is 1. The highest BCUT2D eigenvalue weighted by molar-refractivity contribution is 7.91. The number of aliphatic hydroxyl groups is 1. The molecule has 23 heavy (non-hydrogen) atoms. The van der Waals surface area contributed by atoms with E-state index >= 15 is 0 Å². The van der Waals surface area contributed by atoms with E-state index in [1.165, 1.54) is 4.90 Å². The van der Waals surface area contributed by atoms with E-state index in [-0.39, 0.29) is 24.0 Å². The highest BCUT2D eigenvalue weighted by atomic mass is 32.2. The molecule has 8 heteroatoms. The van der Waals surface area contributed by atoms with Crippen LogP contribution in [-0.2, 0) is 14.6 Å². The van der Waals surface area contributed by atoms with Gasteiger partial charge in [-0.25, -0.2) is 13.2 Å². The van der Waals surface area contributed by atoms with Gasteiger partial charge >= 0.3 is 6.09 Å². The third-order valence-electron chi connectivity index (χ3n) is 4.66. The van der Waals surface area contributed by atoms with Crippen molar-refractivity contribution in [2.45, 2.75) is 57.3 Å². The van der Waals surface area contributed by atoms with Gasteiger partial charge in [0, 0.05) is 12.6 Å². The molecular weight excluding hydrogens is 320 g/mol. The van der Waals surface area contributed by atoms with Crippen molar-refractivity contribution in [1.29, 1.82) is 0 Å². The van der Waals surface area contributed by atoms with Crippen molar-refractivity contribution in [3.63, 3.8) is 0 Å². The molecule has 2 unspecified atom stereocenters. The Morgan fingerprint density at radius 1 is 1.35 bits per heavy atom. The quantitative estimate of drug-likeness (QED) is 0.752. The first-order chi connectivity index (χ1) is 10.4. The molecule has 0 aliphatic carbocycles. The molecule has 3 N–H and O–H groups in total. The maximum Gasteiger partial charge on any atom is 0.410 e. The van der Waals surface area contributed by atoms with Crippen molar-refractivity contribution in [3.05, 3.63) is 0 Å². The maximum absolute atomic E-state index is 12.1. The third-order valence-corrected chi connectivity index (χ3v) is 6.37. The molecule has 2 rings (SSSR count). The van der Waals surface area contributed by atoms with Crippen LogP contribution < -0.4 is 5.73 Å². The van der Waals surface area contributed by atoms with E-state index in [1.54, 1.807) is 20.8 Å². The summed E-state index contributed by atoms with van der Waals surface area (Å²) in [5.74, 6) is 0.205. The number of β-amino-alcohol motifs (C(OH)–C–C–N with tert-alkyl or cyclic N) is 1. The number of sulfone groups is 1. The van der Waals surface area contributed by atoms with Crippen LogP contribution in [0.25, 0.3) is 0 Å². The van der Waals surface area contributed by atoms with E-state index in [0.29, 0.717) is 25.8 Å². The smallest absolute Gasteiger partial charge is 0.410 e. The summed E-state index contributed by atoms with van der Waals surface area (Å²) in [5.41, 5.74) is 4.48. The van der Waals surface area contributed by atoms with E-state index in [4.69, 9.17) is 10.5 Å². The average molecular weight is 348 g/mol. The lowest BCUT2D eigenvalue weighted by Gasteiger charge is -2.37. The van der Waals surface area contributed by atoms with Gasteiger partial charge in [0.25, 0.3) is 0 Å². The van der Waals surface area contributed by atoms with E-state index in [0.717, 1.165) is 0 Å². The van der Waals surface area contributed by atoms with Gasteiger partial charge in [-0.1, -0.05) is 0 Å². The van der Waals surface area contributed by atoms with Crippen LogP contribution in [0, 0.1) is 5.92 Å². The van der Waals surface area contributed by atoms with E-state index in [9.17, 15) is 18.3 Å². The number of hydrogen-bond donors (Lipinski definition) is 2. The van der Waals surface area contributed by atoms with Crippen molar-refractivity contribution in [3.8, 4) is 0 Å². The zero-order chi connectivity index (χ0) is 17.5. The molecule has 0 saturated carbocycles. The van der Waals surface area contributed by atoms with Crippen molar-refractivity contribution in [1.82, 2.24) is 4.90 Å². The van der Waals surface area contributed by atoms with Crippen LogP contribution in [0.2, 0.25) is 0 Å². The Labute approximate surface area is 138 Å². The van der Waals surface area contributed by atoms with Crippen LogP contribution in [0.4, 0.5) is 4.79 Å². The predicted molar refractivity (Wildman–Crippen MR) is 86.7 cm³/mol. The number of carbonyl (C=O) groups is 1. The van der Waals surface area contributed by atoms with Crippen LogP contribution in [0.5, 0.6) is 0 Å². The highest BCUT2D eigenvalue weighted by Gasteiger charge is 2.47. The molecule has 0 aromatic rings. The molecule has 0 spiro atoms. The van der Waals surface area contributed by atoms with Crippen LogP contribution >= 0.6 is 0 Å². The molecular formula is C15H28N2O5S. The molecule has 0 radical (unpaired) electrons. The molecule has 0 aromatic heterocycles. The minimum atomic E-state index is -2.96. The van der Waals surface area contributed by atoms with Crippen LogP contribution in [0.1, 0.15) is 40.0 Å². The van der Waals surface area contributed by atoms with Crippen molar-refractivity contribution >= 4 is 15.9 Å². The Morgan fingerprint density at radius 2 is 1.91 bits per heavy atom. The van der Waals surface area contributed by atoms with E-state index in [2.05, 4.69) is 0 Å². The molecule has 134 valence electrons. The lowest BCUT2D eigenvalue weighted by atomic mass is 9.81. The predicted octanol–water partition coefficient (Wildman–Crippen LogP) is 0.510. The molecule has 7 nitrogen and oxygen atoms in total. The molecule has 2 aliphatic rings. The summed E-state index contributed by atoms with van der Waals surface area (Å²) >= 11 is 0. The Hall–Kier alpha value is -0.860. The third kappa shape index (κ3) is 4.58. The fourth-order valence-electron chi connectivity index (χ4n) is 3.28. The summed E-state index contributed by atoms with van der Waals surface area (Å²) in [5, 5.41) is 10.8. The monoisotopic (exact) mass is 348 g/mol. The molecule has 0 bridgehead atoms. The Balaban J connectivity index is 1.96. The van der Waals surface area contributed by atoms with E-state index < -0.39 is 33.2 Å². The first-order valence-corrected chi connectivity index (χ1v) is 9.90. The summed E-state index contributed by atoms with van der Waals surface area (Å²) in [6.45, 7) is 5.90. The van der Waals surface area contributed by atoms with Gasteiger partial charge in [-0.15, -0.1) is 0 Å². The second-order valence-electron chi connectivity index (χ2n) is 7.77. The number of rotatable bonds is 2. The molecule has 0 aromatic carbocycles. The number of ether oxygens (including phenoxy) is 1. The zero-order valence-corrected chi connectivity index (χ0v) is 14.9. The Kier molecular flexibility index (Phi) is 4.99. The molecule has 2 saturated heterocycles. The van der Waals surface area contributed by atoms with Crippen molar-refractivity contribution in [2.75, 3.05) is 24.6 Å². The molecule has 2 heterocycles. The van der Waals surface area contributed by atoms with Crippen LogP contribution in [-0.4, -0.2) is 66.4 Å².